The average Bonchev–Trinajstić information content (AvgIpc) is 2.83. The van der Waals surface area contributed by atoms with Gasteiger partial charge in [-0.2, -0.15) is 5.10 Å². The zero-order valence-corrected chi connectivity index (χ0v) is 10.6. The smallest absolute Gasteiger partial charge is 0.337 e. The van der Waals surface area contributed by atoms with Crippen LogP contribution in [0.5, 0.6) is 0 Å². The standard InChI is InChI=1S/C13H12N4O3/c1-17-8-9(6-15-17)2-5-12(18)16-11-4-3-10(7-14-11)13(19)20/h2-8H,1H3,(H,19,20)(H,14,16,18)/b5-2+. The van der Waals surface area contributed by atoms with Crippen LogP contribution in [-0.2, 0) is 11.8 Å². The highest BCUT2D eigenvalue weighted by molar-refractivity contribution is 6.01. The van der Waals surface area contributed by atoms with Gasteiger partial charge in [-0.05, 0) is 18.2 Å². The van der Waals surface area contributed by atoms with Gasteiger partial charge in [-0.3, -0.25) is 9.48 Å². The number of hydrogen-bond acceptors (Lipinski definition) is 4. The van der Waals surface area contributed by atoms with Crippen molar-refractivity contribution in [3.05, 3.63) is 47.9 Å². The van der Waals surface area contributed by atoms with Gasteiger partial charge in [0.15, 0.2) is 0 Å². The summed E-state index contributed by atoms with van der Waals surface area (Å²) in [4.78, 5) is 26.1. The molecular formula is C13H12N4O3. The second-order valence-corrected chi connectivity index (χ2v) is 4.01. The maximum atomic E-state index is 11.6. The normalized spacial score (nSPS) is 10.7. The van der Waals surface area contributed by atoms with Crippen LogP contribution in [0.15, 0.2) is 36.8 Å². The number of carbonyl (C=O) groups is 2. The molecule has 0 saturated heterocycles. The van der Waals surface area contributed by atoms with Gasteiger partial charge in [0.05, 0.1) is 11.8 Å². The van der Waals surface area contributed by atoms with E-state index in [0.717, 1.165) is 5.56 Å². The van der Waals surface area contributed by atoms with E-state index in [9.17, 15) is 9.59 Å². The Hall–Kier alpha value is -2.96. The van der Waals surface area contributed by atoms with Crippen LogP contribution in [0.25, 0.3) is 6.08 Å². The van der Waals surface area contributed by atoms with Crippen LogP contribution in [-0.4, -0.2) is 31.7 Å². The highest BCUT2D eigenvalue weighted by atomic mass is 16.4. The molecule has 1 amide bonds. The van der Waals surface area contributed by atoms with Crippen molar-refractivity contribution in [2.45, 2.75) is 0 Å². The largest absolute Gasteiger partial charge is 0.478 e. The summed E-state index contributed by atoms with van der Waals surface area (Å²) in [5.41, 5.74) is 0.866. The number of aryl methyl sites for hydroxylation is 1. The molecule has 0 aliphatic carbocycles. The van der Waals surface area contributed by atoms with Crippen molar-refractivity contribution in [3.8, 4) is 0 Å². The molecule has 0 fully saturated rings. The number of carbonyl (C=O) groups excluding carboxylic acids is 1. The lowest BCUT2D eigenvalue weighted by atomic mass is 10.3. The van der Waals surface area contributed by atoms with Gasteiger partial charge in [0, 0.05) is 31.1 Å². The second-order valence-electron chi connectivity index (χ2n) is 4.01. The van der Waals surface area contributed by atoms with Gasteiger partial charge in [-0.25, -0.2) is 9.78 Å². The third kappa shape index (κ3) is 3.52. The van der Waals surface area contributed by atoms with E-state index in [0.29, 0.717) is 0 Å². The molecule has 0 bridgehead atoms. The summed E-state index contributed by atoms with van der Waals surface area (Å²) in [5.74, 6) is -1.13. The van der Waals surface area contributed by atoms with E-state index in [1.54, 1.807) is 30.2 Å². The summed E-state index contributed by atoms with van der Waals surface area (Å²) < 4.78 is 1.63. The maximum Gasteiger partial charge on any atom is 0.337 e. The Balaban J connectivity index is 1.97. The van der Waals surface area contributed by atoms with E-state index in [2.05, 4.69) is 15.4 Å². The minimum Gasteiger partial charge on any atom is -0.478 e. The van der Waals surface area contributed by atoms with Gasteiger partial charge in [0.1, 0.15) is 5.82 Å². The summed E-state index contributed by atoms with van der Waals surface area (Å²) in [6.07, 6.45) is 7.55. The molecule has 7 heteroatoms. The number of carboxylic acids is 1. The lowest BCUT2D eigenvalue weighted by Crippen LogP contribution is -2.09. The molecule has 0 aromatic carbocycles. The van der Waals surface area contributed by atoms with Gasteiger partial charge < -0.3 is 10.4 Å². The van der Waals surface area contributed by atoms with Crippen molar-refractivity contribution in [1.82, 2.24) is 14.8 Å². The molecule has 102 valence electrons. The molecule has 2 heterocycles. The van der Waals surface area contributed by atoms with Crippen molar-refractivity contribution >= 4 is 23.8 Å². The summed E-state index contributed by atoms with van der Waals surface area (Å²) >= 11 is 0. The first kappa shape index (κ1) is 13.5. The quantitative estimate of drug-likeness (QED) is 0.814. The number of nitrogens with one attached hydrogen (secondary N) is 1. The molecule has 0 aliphatic rings. The monoisotopic (exact) mass is 272 g/mol. The van der Waals surface area contributed by atoms with Crippen molar-refractivity contribution in [3.63, 3.8) is 0 Å². The molecule has 2 N–H and O–H groups in total. The third-order valence-corrected chi connectivity index (χ3v) is 2.41. The van der Waals surface area contributed by atoms with Crippen LogP contribution in [0, 0.1) is 0 Å². The van der Waals surface area contributed by atoms with E-state index in [4.69, 9.17) is 5.11 Å². The molecule has 0 spiro atoms. The first-order chi connectivity index (χ1) is 9.54. The third-order valence-electron chi connectivity index (χ3n) is 2.41. The van der Waals surface area contributed by atoms with Gasteiger partial charge in [-0.15, -0.1) is 0 Å². The Morgan fingerprint density at radius 1 is 1.35 bits per heavy atom. The first-order valence-electron chi connectivity index (χ1n) is 5.71. The lowest BCUT2D eigenvalue weighted by Gasteiger charge is -2.01. The maximum absolute atomic E-state index is 11.6. The highest BCUT2D eigenvalue weighted by Gasteiger charge is 2.04. The SMILES string of the molecule is Cn1cc(/C=C/C(=O)Nc2ccc(C(=O)O)cn2)cn1. The first-order valence-corrected chi connectivity index (χ1v) is 5.71. The molecular weight excluding hydrogens is 260 g/mol. The summed E-state index contributed by atoms with van der Waals surface area (Å²) in [5, 5.41) is 15.2. The fourth-order valence-corrected chi connectivity index (χ4v) is 1.46. The van der Waals surface area contributed by atoms with Crippen molar-refractivity contribution in [2.75, 3.05) is 5.32 Å². The molecule has 0 aliphatic heterocycles. The van der Waals surface area contributed by atoms with Crippen molar-refractivity contribution in [1.29, 1.82) is 0 Å². The van der Waals surface area contributed by atoms with Crippen LogP contribution in [0.2, 0.25) is 0 Å². The van der Waals surface area contributed by atoms with Gasteiger partial charge in [-0.1, -0.05) is 0 Å². The molecule has 2 aromatic rings. The number of hydrogen-bond donors (Lipinski definition) is 2. The number of nitrogens with zero attached hydrogens (tertiary/aromatic N) is 3. The summed E-state index contributed by atoms with van der Waals surface area (Å²) in [7, 11) is 1.78. The molecule has 20 heavy (non-hydrogen) atoms. The highest BCUT2D eigenvalue weighted by Crippen LogP contribution is 2.06. The molecule has 2 aromatic heterocycles. The van der Waals surface area contributed by atoms with E-state index in [-0.39, 0.29) is 17.3 Å². The topological polar surface area (TPSA) is 97.1 Å². The van der Waals surface area contributed by atoms with Crippen LogP contribution in [0.3, 0.4) is 0 Å². The lowest BCUT2D eigenvalue weighted by molar-refractivity contribution is -0.111. The Kier molecular flexibility index (Phi) is 3.90. The van der Waals surface area contributed by atoms with Gasteiger partial charge in [0.2, 0.25) is 5.91 Å². The van der Waals surface area contributed by atoms with Gasteiger partial charge >= 0.3 is 5.97 Å². The Morgan fingerprint density at radius 2 is 2.15 bits per heavy atom. The predicted molar refractivity (Wildman–Crippen MR) is 72.1 cm³/mol. The number of aromatic nitrogens is 3. The Labute approximate surface area is 114 Å². The van der Waals surface area contributed by atoms with Crippen LogP contribution < -0.4 is 5.32 Å². The van der Waals surface area contributed by atoms with E-state index in [1.807, 2.05) is 0 Å². The van der Waals surface area contributed by atoms with Gasteiger partial charge in [0.25, 0.3) is 0 Å². The number of carboxylic acid groups (broad SMARTS) is 1. The molecule has 0 unspecified atom stereocenters. The number of pyridine rings is 1. The van der Waals surface area contributed by atoms with E-state index < -0.39 is 5.97 Å². The predicted octanol–water partition coefficient (Wildman–Crippen LogP) is 1.17. The second kappa shape index (κ2) is 5.79. The molecule has 0 saturated carbocycles. The van der Waals surface area contributed by atoms with Crippen molar-refractivity contribution < 1.29 is 14.7 Å². The number of rotatable bonds is 4. The summed E-state index contributed by atoms with van der Waals surface area (Å²) in [6, 6.07) is 2.80. The minimum atomic E-state index is -1.06. The number of anilines is 1. The van der Waals surface area contributed by atoms with E-state index in [1.165, 1.54) is 24.4 Å². The fraction of sp³-hybridized carbons (Fsp3) is 0.0769. The Bertz CT molecular complexity index is 659. The van der Waals surface area contributed by atoms with Crippen LogP contribution >= 0.6 is 0 Å². The summed E-state index contributed by atoms with van der Waals surface area (Å²) in [6.45, 7) is 0. The zero-order valence-electron chi connectivity index (χ0n) is 10.6. The fourth-order valence-electron chi connectivity index (χ4n) is 1.46. The number of aromatic carboxylic acids is 1. The molecule has 0 atom stereocenters. The molecule has 7 nitrogen and oxygen atoms in total. The number of amides is 1. The van der Waals surface area contributed by atoms with E-state index >= 15 is 0 Å². The van der Waals surface area contributed by atoms with Crippen LogP contribution in [0.1, 0.15) is 15.9 Å². The zero-order chi connectivity index (χ0) is 14.5. The van der Waals surface area contributed by atoms with Crippen LogP contribution in [0.4, 0.5) is 5.82 Å². The Morgan fingerprint density at radius 3 is 2.70 bits per heavy atom. The average molecular weight is 272 g/mol. The molecule has 2 rings (SSSR count). The minimum absolute atomic E-state index is 0.0638. The van der Waals surface area contributed by atoms with Crippen molar-refractivity contribution in [2.24, 2.45) is 7.05 Å². The molecule has 0 radical (unpaired) electrons.